The number of carbonyl (C=O) groups is 3. The molecule has 12 heteroatoms. The van der Waals surface area contributed by atoms with E-state index in [1.165, 1.54) is 29.4 Å². The molecule has 216 valence electrons. The molecule has 4 aromatic rings. The number of para-hydroxylation sites is 1. The first-order valence-corrected chi connectivity index (χ1v) is 14.3. The van der Waals surface area contributed by atoms with Gasteiger partial charge in [0, 0.05) is 38.0 Å². The van der Waals surface area contributed by atoms with Crippen LogP contribution in [-0.4, -0.2) is 60.6 Å². The van der Waals surface area contributed by atoms with Crippen LogP contribution in [0.25, 0.3) is 10.2 Å². The zero-order valence-electron chi connectivity index (χ0n) is 23.0. The molecule has 2 N–H and O–H groups in total. The van der Waals surface area contributed by atoms with Gasteiger partial charge in [0.15, 0.2) is 11.6 Å². The first-order valence-electron chi connectivity index (χ1n) is 13.5. The van der Waals surface area contributed by atoms with Gasteiger partial charge in [0.2, 0.25) is 5.91 Å². The van der Waals surface area contributed by atoms with Gasteiger partial charge in [-0.25, -0.2) is 14.2 Å². The molecule has 42 heavy (non-hydrogen) atoms. The summed E-state index contributed by atoms with van der Waals surface area (Å²) < 4.78 is 26.2. The van der Waals surface area contributed by atoms with Crippen molar-refractivity contribution >= 4 is 56.5 Å². The maximum absolute atomic E-state index is 15.5. The fourth-order valence-electron chi connectivity index (χ4n) is 5.36. The summed E-state index contributed by atoms with van der Waals surface area (Å²) in [6.45, 7) is 2.57. The molecule has 10 nitrogen and oxygen atoms in total. The lowest BCUT2D eigenvalue weighted by Crippen LogP contribution is -2.50. The van der Waals surface area contributed by atoms with Crippen LogP contribution in [-0.2, 0) is 9.53 Å². The number of nitrogens with one attached hydrogen (secondary N) is 2. The van der Waals surface area contributed by atoms with Gasteiger partial charge in [-0.15, -0.1) is 11.3 Å². The van der Waals surface area contributed by atoms with Crippen LogP contribution < -0.4 is 20.3 Å². The summed E-state index contributed by atoms with van der Waals surface area (Å²) in [5, 5.41) is 6.46. The maximum Gasteiger partial charge on any atom is 0.331 e. The predicted octanol–water partition coefficient (Wildman–Crippen LogP) is 5.59. The van der Waals surface area contributed by atoms with Crippen molar-refractivity contribution in [2.45, 2.75) is 25.8 Å². The topological polar surface area (TPSA) is 113 Å². The first kappa shape index (κ1) is 27.6. The van der Waals surface area contributed by atoms with E-state index in [0.717, 1.165) is 12.8 Å². The Bertz CT molecular complexity index is 1690. The monoisotopic (exact) mass is 589 g/mol. The molecule has 1 saturated heterocycles. The molecule has 2 aliphatic rings. The number of likely N-dealkylation sites (tertiary alicyclic amines) is 1. The summed E-state index contributed by atoms with van der Waals surface area (Å²) in [4.78, 5) is 47.7. The van der Waals surface area contributed by atoms with Crippen molar-refractivity contribution in [1.82, 2.24) is 15.2 Å². The SMILES string of the molecule is COCC(=O)N1CCCC(NC(=O)c2sc3nccc4c3c2NC(=O)N4c2ccc(Oc3ccccc3)c(F)c2C)C1. The summed E-state index contributed by atoms with van der Waals surface area (Å²) in [6.07, 6.45) is 3.04. The fourth-order valence-corrected chi connectivity index (χ4v) is 6.38. The summed E-state index contributed by atoms with van der Waals surface area (Å²) >= 11 is 1.17. The van der Waals surface area contributed by atoms with E-state index in [2.05, 4.69) is 15.6 Å². The number of halogens is 1. The molecule has 0 saturated carbocycles. The Morgan fingerprint density at radius 1 is 1.17 bits per heavy atom. The molecule has 2 aliphatic heterocycles. The van der Waals surface area contributed by atoms with E-state index in [0.29, 0.717) is 51.0 Å². The van der Waals surface area contributed by atoms with Crippen molar-refractivity contribution < 1.29 is 28.2 Å². The maximum atomic E-state index is 15.5. The number of ether oxygens (including phenoxy) is 2. The summed E-state index contributed by atoms with van der Waals surface area (Å²) in [6, 6.07) is 12.9. The number of benzene rings is 2. The van der Waals surface area contributed by atoms with Gasteiger partial charge in [-0.1, -0.05) is 18.2 Å². The third-order valence-electron chi connectivity index (χ3n) is 7.36. The zero-order valence-corrected chi connectivity index (χ0v) is 23.8. The molecular weight excluding hydrogens is 561 g/mol. The van der Waals surface area contributed by atoms with E-state index in [1.54, 1.807) is 54.4 Å². The van der Waals surface area contributed by atoms with Crippen molar-refractivity contribution in [3.05, 3.63) is 71.0 Å². The van der Waals surface area contributed by atoms with Crippen molar-refractivity contribution in [2.75, 3.05) is 37.0 Å². The predicted molar refractivity (Wildman–Crippen MR) is 157 cm³/mol. The number of anilines is 3. The highest BCUT2D eigenvalue weighted by molar-refractivity contribution is 7.21. The number of carbonyl (C=O) groups excluding carboxylic acids is 3. The minimum atomic E-state index is -0.587. The third kappa shape index (κ3) is 5.03. The van der Waals surface area contributed by atoms with Gasteiger partial charge < -0.3 is 25.0 Å². The molecule has 0 bridgehead atoms. The summed E-state index contributed by atoms with van der Waals surface area (Å²) in [5.41, 5.74) is 1.42. The van der Waals surface area contributed by atoms with Crippen LogP contribution in [0.1, 0.15) is 28.1 Å². The van der Waals surface area contributed by atoms with Gasteiger partial charge in [-0.05, 0) is 50.1 Å². The number of piperidine rings is 1. The average Bonchev–Trinajstić information content (AvgIpc) is 3.36. The smallest absolute Gasteiger partial charge is 0.331 e. The van der Waals surface area contributed by atoms with Crippen LogP contribution in [0.15, 0.2) is 54.7 Å². The molecule has 4 heterocycles. The number of rotatable bonds is 7. The van der Waals surface area contributed by atoms with Crippen molar-refractivity contribution in [2.24, 2.45) is 0 Å². The minimum absolute atomic E-state index is 0.00966. The number of hydrogen-bond donors (Lipinski definition) is 2. The number of amides is 4. The highest BCUT2D eigenvalue weighted by Gasteiger charge is 2.35. The normalized spacial score (nSPS) is 16.4. The molecule has 1 fully saturated rings. The van der Waals surface area contributed by atoms with Gasteiger partial charge in [-0.2, -0.15) is 0 Å². The molecule has 0 aliphatic carbocycles. The van der Waals surface area contributed by atoms with Gasteiger partial charge >= 0.3 is 6.03 Å². The number of thiophene rings is 1. The second kappa shape index (κ2) is 11.4. The number of methoxy groups -OCH3 is 1. The van der Waals surface area contributed by atoms with E-state index < -0.39 is 11.8 Å². The Hall–Kier alpha value is -4.55. The second-order valence-electron chi connectivity index (χ2n) is 10.1. The average molecular weight is 590 g/mol. The van der Waals surface area contributed by atoms with Gasteiger partial charge in [-0.3, -0.25) is 14.5 Å². The van der Waals surface area contributed by atoms with E-state index >= 15 is 4.39 Å². The van der Waals surface area contributed by atoms with Crippen LogP contribution in [0.2, 0.25) is 0 Å². The molecule has 2 aromatic carbocycles. The molecule has 1 unspecified atom stereocenters. The van der Waals surface area contributed by atoms with E-state index in [1.807, 2.05) is 6.07 Å². The Labute approximate surface area is 245 Å². The lowest BCUT2D eigenvalue weighted by Gasteiger charge is -2.33. The van der Waals surface area contributed by atoms with Crippen LogP contribution in [0.5, 0.6) is 11.5 Å². The van der Waals surface area contributed by atoms with Crippen molar-refractivity contribution in [3.63, 3.8) is 0 Å². The molecule has 1 atom stereocenters. The van der Waals surface area contributed by atoms with E-state index in [4.69, 9.17) is 9.47 Å². The summed E-state index contributed by atoms with van der Waals surface area (Å²) in [7, 11) is 1.47. The fraction of sp³-hybridized carbons (Fsp3) is 0.267. The number of urea groups is 1. The highest BCUT2D eigenvalue weighted by atomic mass is 32.1. The lowest BCUT2D eigenvalue weighted by molar-refractivity contribution is -0.136. The largest absolute Gasteiger partial charge is 0.454 e. The van der Waals surface area contributed by atoms with Crippen molar-refractivity contribution in [3.8, 4) is 11.5 Å². The quantitative estimate of drug-likeness (QED) is 0.291. The highest BCUT2D eigenvalue weighted by Crippen LogP contribution is 2.47. The lowest BCUT2D eigenvalue weighted by atomic mass is 10.1. The number of pyridine rings is 1. The van der Waals surface area contributed by atoms with E-state index in [9.17, 15) is 14.4 Å². The van der Waals surface area contributed by atoms with Gasteiger partial charge in [0.25, 0.3) is 5.91 Å². The van der Waals surface area contributed by atoms with Crippen LogP contribution in [0.4, 0.5) is 26.2 Å². The minimum Gasteiger partial charge on any atom is -0.454 e. The van der Waals surface area contributed by atoms with Crippen LogP contribution >= 0.6 is 11.3 Å². The summed E-state index contributed by atoms with van der Waals surface area (Å²) in [5.74, 6) is -0.535. The van der Waals surface area contributed by atoms with Crippen LogP contribution in [0.3, 0.4) is 0 Å². The zero-order chi connectivity index (χ0) is 29.4. The number of nitrogens with zero attached hydrogens (tertiary/aromatic N) is 3. The number of hydrogen-bond acceptors (Lipinski definition) is 7. The number of aromatic nitrogens is 1. The Balaban J connectivity index is 1.29. The van der Waals surface area contributed by atoms with Gasteiger partial charge in [0.05, 0.1) is 22.4 Å². The van der Waals surface area contributed by atoms with Crippen molar-refractivity contribution in [1.29, 1.82) is 0 Å². The molecule has 4 amide bonds. The first-order chi connectivity index (χ1) is 20.4. The molecule has 0 radical (unpaired) electrons. The van der Waals surface area contributed by atoms with E-state index in [-0.39, 0.29) is 35.8 Å². The molecule has 2 aromatic heterocycles. The second-order valence-corrected chi connectivity index (χ2v) is 11.1. The molecular formula is C30H28FN5O5S. The Kier molecular flexibility index (Phi) is 7.48. The third-order valence-corrected chi connectivity index (χ3v) is 8.46. The molecule has 0 spiro atoms. The van der Waals surface area contributed by atoms with Gasteiger partial charge in [0.1, 0.15) is 22.1 Å². The Morgan fingerprint density at radius 2 is 1.98 bits per heavy atom. The standard InChI is InChI=1S/C30H28FN5O5S/c1-17-20(10-11-22(25(17)31)41-19-8-4-3-5-9-19)36-21-12-13-32-29-24(21)26(34-30(36)39)27(42-29)28(38)33-18-7-6-14-35(15-18)23(37)16-40-2/h3-5,8-13,18H,6-7,14-16H2,1-2H3,(H,33,38)(H,34,39). The van der Waals surface area contributed by atoms with Crippen LogP contribution in [0, 0.1) is 12.7 Å². The Morgan fingerprint density at radius 3 is 2.76 bits per heavy atom. The molecule has 6 rings (SSSR count).